The third kappa shape index (κ3) is 3.45. The summed E-state index contributed by atoms with van der Waals surface area (Å²) in [5.74, 6) is 0. The second-order valence-corrected chi connectivity index (χ2v) is 7.38. The Hall–Kier alpha value is -2.29. The number of amides is 1. The van der Waals surface area contributed by atoms with Crippen molar-refractivity contribution in [1.29, 1.82) is 0 Å². The number of rotatable bonds is 1. The van der Waals surface area contributed by atoms with Crippen molar-refractivity contribution in [3.05, 3.63) is 53.6 Å². The zero-order valence-corrected chi connectivity index (χ0v) is 14.9. The molecule has 0 N–H and O–H groups in total. The van der Waals surface area contributed by atoms with Crippen LogP contribution in [0.4, 0.5) is 4.79 Å². The Morgan fingerprint density at radius 2 is 1.79 bits per heavy atom. The summed E-state index contributed by atoms with van der Waals surface area (Å²) < 4.78 is 5.46. The first kappa shape index (κ1) is 16.6. The van der Waals surface area contributed by atoms with E-state index in [1.54, 1.807) is 4.90 Å². The number of nitrogens with zero attached hydrogens (tertiary/aromatic N) is 1. The van der Waals surface area contributed by atoms with Crippen LogP contribution in [0.15, 0.2) is 42.5 Å². The Labute approximate surface area is 143 Å². The molecule has 0 atom stereocenters. The molecule has 0 radical (unpaired) electrons. The van der Waals surface area contributed by atoms with Crippen LogP contribution in [0.1, 0.15) is 38.3 Å². The fourth-order valence-corrected chi connectivity index (χ4v) is 3.14. The van der Waals surface area contributed by atoms with Crippen molar-refractivity contribution >= 4 is 22.4 Å². The summed E-state index contributed by atoms with van der Waals surface area (Å²) in [6, 6.07) is 12.9. The lowest BCUT2D eigenvalue weighted by Crippen LogP contribution is -2.39. The third-order valence-corrected chi connectivity index (χ3v) is 4.35. The molecule has 0 spiro atoms. The number of benzene rings is 2. The summed E-state index contributed by atoms with van der Waals surface area (Å²) in [5.41, 5.74) is 3.43. The molecule has 0 aliphatic carbocycles. The first-order chi connectivity index (χ1) is 11.3. The Kier molecular flexibility index (Phi) is 4.35. The van der Waals surface area contributed by atoms with E-state index in [2.05, 4.69) is 49.4 Å². The maximum absolute atomic E-state index is 12.2. The second-order valence-electron chi connectivity index (χ2n) is 7.38. The monoisotopic (exact) mass is 323 g/mol. The van der Waals surface area contributed by atoms with E-state index in [4.69, 9.17) is 4.74 Å². The number of carbonyl (C=O) groups excluding carboxylic acids is 1. The van der Waals surface area contributed by atoms with Gasteiger partial charge in [-0.15, -0.1) is 0 Å². The van der Waals surface area contributed by atoms with Gasteiger partial charge in [0.15, 0.2) is 0 Å². The van der Waals surface area contributed by atoms with E-state index in [0.29, 0.717) is 13.1 Å². The maximum Gasteiger partial charge on any atom is 0.410 e. The van der Waals surface area contributed by atoms with Gasteiger partial charge in [-0.1, -0.05) is 42.5 Å². The number of aryl methyl sites for hydroxylation is 1. The van der Waals surface area contributed by atoms with Crippen LogP contribution in [0.3, 0.4) is 0 Å². The molecule has 0 bridgehead atoms. The van der Waals surface area contributed by atoms with Gasteiger partial charge < -0.3 is 9.64 Å². The first-order valence-corrected chi connectivity index (χ1v) is 8.51. The van der Waals surface area contributed by atoms with Crippen molar-refractivity contribution in [3.63, 3.8) is 0 Å². The average Bonchev–Trinajstić information content (AvgIpc) is 2.54. The third-order valence-electron chi connectivity index (χ3n) is 4.35. The smallest absolute Gasteiger partial charge is 0.410 e. The van der Waals surface area contributed by atoms with Crippen LogP contribution in [0.2, 0.25) is 0 Å². The summed E-state index contributed by atoms with van der Waals surface area (Å²) in [7, 11) is 0. The van der Waals surface area contributed by atoms with Crippen LogP contribution in [-0.4, -0.2) is 29.7 Å². The van der Waals surface area contributed by atoms with E-state index in [-0.39, 0.29) is 6.09 Å². The van der Waals surface area contributed by atoms with Crippen LogP contribution >= 0.6 is 0 Å². The predicted octanol–water partition coefficient (Wildman–Crippen LogP) is 5.17. The molecule has 1 amide bonds. The number of carbonyl (C=O) groups is 1. The van der Waals surface area contributed by atoms with Gasteiger partial charge in [-0.2, -0.15) is 0 Å². The molecule has 3 rings (SSSR count). The molecule has 126 valence electrons. The fraction of sp³-hybridized carbons (Fsp3) is 0.381. The molecule has 1 heterocycles. The number of ether oxygens (including phenoxy) is 1. The highest BCUT2D eigenvalue weighted by molar-refractivity contribution is 5.96. The summed E-state index contributed by atoms with van der Waals surface area (Å²) >= 11 is 0. The van der Waals surface area contributed by atoms with E-state index >= 15 is 0 Å². The molecule has 2 aromatic carbocycles. The minimum atomic E-state index is -0.450. The maximum atomic E-state index is 12.2. The van der Waals surface area contributed by atoms with Crippen LogP contribution in [-0.2, 0) is 4.74 Å². The van der Waals surface area contributed by atoms with Gasteiger partial charge in [0.2, 0.25) is 0 Å². The molecular weight excluding hydrogens is 298 g/mol. The van der Waals surface area contributed by atoms with Crippen molar-refractivity contribution in [3.8, 4) is 0 Å². The zero-order valence-electron chi connectivity index (χ0n) is 14.9. The minimum Gasteiger partial charge on any atom is -0.444 e. The standard InChI is InChI=1S/C21H25NO2/c1-15-9-10-18(19-8-6-5-7-17(15)19)16-11-13-22(14-12-16)20(23)24-21(2,3)4/h5-11H,12-14H2,1-4H3. The highest BCUT2D eigenvalue weighted by Gasteiger charge is 2.24. The molecule has 0 saturated carbocycles. The highest BCUT2D eigenvalue weighted by Crippen LogP contribution is 2.31. The van der Waals surface area contributed by atoms with Gasteiger partial charge in [-0.05, 0) is 61.6 Å². The summed E-state index contributed by atoms with van der Waals surface area (Å²) in [6.45, 7) is 9.14. The average molecular weight is 323 g/mol. The number of fused-ring (bicyclic) bond motifs is 1. The van der Waals surface area contributed by atoms with Crippen LogP contribution < -0.4 is 0 Å². The molecule has 1 aliphatic rings. The number of hydrogen-bond donors (Lipinski definition) is 0. The van der Waals surface area contributed by atoms with Crippen molar-refractivity contribution in [2.75, 3.05) is 13.1 Å². The molecule has 1 aliphatic heterocycles. The second kappa shape index (κ2) is 6.31. The van der Waals surface area contributed by atoms with Crippen molar-refractivity contribution in [2.24, 2.45) is 0 Å². The lowest BCUT2D eigenvalue weighted by Gasteiger charge is -2.30. The van der Waals surface area contributed by atoms with Gasteiger partial charge in [-0.3, -0.25) is 0 Å². The van der Waals surface area contributed by atoms with E-state index in [0.717, 1.165) is 6.42 Å². The van der Waals surface area contributed by atoms with Crippen LogP contribution in [0, 0.1) is 6.92 Å². The quantitative estimate of drug-likeness (QED) is 0.724. The lowest BCUT2D eigenvalue weighted by molar-refractivity contribution is 0.0270. The van der Waals surface area contributed by atoms with Crippen LogP contribution in [0.5, 0.6) is 0 Å². The molecular formula is C21H25NO2. The molecule has 0 fully saturated rings. The van der Waals surface area contributed by atoms with Gasteiger partial charge >= 0.3 is 6.09 Å². The zero-order chi connectivity index (χ0) is 17.3. The van der Waals surface area contributed by atoms with Gasteiger partial charge in [0, 0.05) is 13.1 Å². The van der Waals surface area contributed by atoms with E-state index < -0.39 is 5.60 Å². The van der Waals surface area contributed by atoms with Gasteiger partial charge in [0.05, 0.1) is 0 Å². The first-order valence-electron chi connectivity index (χ1n) is 8.51. The Morgan fingerprint density at radius 1 is 1.08 bits per heavy atom. The van der Waals surface area contributed by atoms with Gasteiger partial charge in [-0.25, -0.2) is 4.79 Å². The van der Waals surface area contributed by atoms with Crippen molar-refractivity contribution in [2.45, 2.75) is 39.7 Å². The van der Waals surface area contributed by atoms with Crippen molar-refractivity contribution < 1.29 is 9.53 Å². The van der Waals surface area contributed by atoms with Crippen molar-refractivity contribution in [1.82, 2.24) is 4.90 Å². The largest absolute Gasteiger partial charge is 0.444 e. The molecule has 3 heteroatoms. The van der Waals surface area contributed by atoms with E-state index in [1.165, 1.54) is 27.5 Å². The Balaban J connectivity index is 1.84. The van der Waals surface area contributed by atoms with E-state index in [9.17, 15) is 4.79 Å². The summed E-state index contributed by atoms with van der Waals surface area (Å²) in [5, 5.41) is 2.58. The Bertz CT molecular complexity index is 799. The van der Waals surface area contributed by atoms with Gasteiger partial charge in [0.1, 0.15) is 5.60 Å². The van der Waals surface area contributed by atoms with E-state index in [1.807, 2.05) is 20.8 Å². The summed E-state index contributed by atoms with van der Waals surface area (Å²) in [6.07, 6.45) is 2.78. The predicted molar refractivity (Wildman–Crippen MR) is 99.1 cm³/mol. The minimum absolute atomic E-state index is 0.230. The molecule has 24 heavy (non-hydrogen) atoms. The molecule has 3 nitrogen and oxygen atoms in total. The molecule has 0 saturated heterocycles. The number of hydrogen-bond acceptors (Lipinski definition) is 2. The Morgan fingerprint density at radius 3 is 2.42 bits per heavy atom. The van der Waals surface area contributed by atoms with Gasteiger partial charge in [0.25, 0.3) is 0 Å². The molecule has 2 aromatic rings. The fourth-order valence-electron chi connectivity index (χ4n) is 3.14. The molecule has 0 aromatic heterocycles. The highest BCUT2D eigenvalue weighted by atomic mass is 16.6. The SMILES string of the molecule is Cc1ccc(C2=CCN(C(=O)OC(C)(C)C)CC2)c2ccccc12. The lowest BCUT2D eigenvalue weighted by atomic mass is 9.92. The molecule has 0 unspecified atom stereocenters. The topological polar surface area (TPSA) is 29.5 Å². The summed E-state index contributed by atoms with van der Waals surface area (Å²) in [4.78, 5) is 14.0. The van der Waals surface area contributed by atoms with Crippen LogP contribution in [0.25, 0.3) is 16.3 Å². The normalized spacial score (nSPS) is 15.3.